The SMILES string of the molecule is NCc1nnnn1Cc1ccc([N+](=O)[O-])cc1. The first kappa shape index (κ1) is 11.1. The van der Waals surface area contributed by atoms with Gasteiger partial charge in [0.05, 0.1) is 18.0 Å². The zero-order valence-corrected chi connectivity index (χ0v) is 8.85. The summed E-state index contributed by atoms with van der Waals surface area (Å²) in [7, 11) is 0. The van der Waals surface area contributed by atoms with Crippen LogP contribution in [0.25, 0.3) is 0 Å². The first-order valence-electron chi connectivity index (χ1n) is 4.89. The number of nitrogens with two attached hydrogens (primary N) is 1. The Morgan fingerprint density at radius 2 is 2.06 bits per heavy atom. The quantitative estimate of drug-likeness (QED) is 0.592. The third kappa shape index (κ3) is 2.42. The normalized spacial score (nSPS) is 10.4. The Morgan fingerprint density at radius 3 is 2.65 bits per heavy atom. The molecule has 0 saturated heterocycles. The van der Waals surface area contributed by atoms with Crippen molar-refractivity contribution in [3.63, 3.8) is 0 Å². The van der Waals surface area contributed by atoms with Gasteiger partial charge in [-0.2, -0.15) is 0 Å². The van der Waals surface area contributed by atoms with Crippen LogP contribution in [0.4, 0.5) is 5.69 Å². The number of hydrogen-bond donors (Lipinski definition) is 1. The summed E-state index contributed by atoms with van der Waals surface area (Å²) in [6, 6.07) is 6.23. The lowest BCUT2D eigenvalue weighted by atomic mass is 10.2. The molecule has 0 saturated carbocycles. The maximum absolute atomic E-state index is 10.5. The molecule has 0 radical (unpaired) electrons. The smallest absolute Gasteiger partial charge is 0.269 e. The molecule has 8 nitrogen and oxygen atoms in total. The van der Waals surface area contributed by atoms with Gasteiger partial charge in [-0.25, -0.2) is 4.68 Å². The van der Waals surface area contributed by atoms with E-state index in [9.17, 15) is 10.1 Å². The van der Waals surface area contributed by atoms with Crippen LogP contribution in [-0.2, 0) is 13.1 Å². The molecule has 0 unspecified atom stereocenters. The number of nitro benzene ring substituents is 1. The highest BCUT2D eigenvalue weighted by atomic mass is 16.6. The van der Waals surface area contributed by atoms with E-state index in [1.54, 1.807) is 16.8 Å². The summed E-state index contributed by atoms with van der Waals surface area (Å²) >= 11 is 0. The molecule has 2 aromatic rings. The molecule has 2 rings (SSSR count). The Morgan fingerprint density at radius 1 is 1.35 bits per heavy atom. The standard InChI is InChI=1S/C9H10N6O2/c10-5-9-11-12-13-14(9)6-7-1-3-8(4-2-7)15(16)17/h1-4H,5-6,10H2. The van der Waals surface area contributed by atoms with Crippen molar-refractivity contribution in [2.75, 3.05) is 0 Å². The van der Waals surface area contributed by atoms with Crippen molar-refractivity contribution in [2.45, 2.75) is 13.1 Å². The van der Waals surface area contributed by atoms with E-state index in [1.807, 2.05) is 0 Å². The van der Waals surface area contributed by atoms with Gasteiger partial charge in [-0.3, -0.25) is 10.1 Å². The van der Waals surface area contributed by atoms with E-state index in [2.05, 4.69) is 15.5 Å². The van der Waals surface area contributed by atoms with Crippen molar-refractivity contribution in [1.29, 1.82) is 0 Å². The minimum Gasteiger partial charge on any atom is -0.324 e. The monoisotopic (exact) mass is 234 g/mol. The van der Waals surface area contributed by atoms with Gasteiger partial charge in [-0.05, 0) is 16.0 Å². The second-order valence-corrected chi connectivity index (χ2v) is 3.38. The molecule has 0 aliphatic heterocycles. The van der Waals surface area contributed by atoms with Gasteiger partial charge in [0.1, 0.15) is 0 Å². The van der Waals surface area contributed by atoms with Crippen LogP contribution in [0, 0.1) is 10.1 Å². The van der Waals surface area contributed by atoms with Gasteiger partial charge in [-0.15, -0.1) is 5.10 Å². The zero-order chi connectivity index (χ0) is 12.3. The van der Waals surface area contributed by atoms with E-state index in [1.165, 1.54) is 12.1 Å². The van der Waals surface area contributed by atoms with Crippen LogP contribution in [0.5, 0.6) is 0 Å². The molecule has 8 heteroatoms. The number of non-ortho nitro benzene ring substituents is 1. The lowest BCUT2D eigenvalue weighted by molar-refractivity contribution is -0.384. The highest BCUT2D eigenvalue weighted by Crippen LogP contribution is 2.12. The predicted octanol–water partition coefficient (Wildman–Crippen LogP) is 0.0883. The number of hydrogen-bond acceptors (Lipinski definition) is 6. The lowest BCUT2D eigenvalue weighted by Crippen LogP contribution is -2.10. The van der Waals surface area contributed by atoms with Gasteiger partial charge in [0.25, 0.3) is 5.69 Å². The van der Waals surface area contributed by atoms with Crippen LogP contribution >= 0.6 is 0 Å². The number of tetrazole rings is 1. The fraction of sp³-hybridized carbons (Fsp3) is 0.222. The number of aromatic nitrogens is 4. The van der Waals surface area contributed by atoms with E-state index in [0.717, 1.165) is 5.56 Å². The summed E-state index contributed by atoms with van der Waals surface area (Å²) < 4.78 is 1.56. The van der Waals surface area contributed by atoms with E-state index < -0.39 is 4.92 Å². The minimum absolute atomic E-state index is 0.0597. The summed E-state index contributed by atoms with van der Waals surface area (Å²) in [5, 5.41) is 21.5. The Bertz CT molecular complexity index is 521. The molecule has 0 spiro atoms. The average molecular weight is 234 g/mol. The maximum Gasteiger partial charge on any atom is 0.269 e. The van der Waals surface area contributed by atoms with Crippen molar-refractivity contribution in [2.24, 2.45) is 5.73 Å². The van der Waals surface area contributed by atoms with E-state index >= 15 is 0 Å². The van der Waals surface area contributed by atoms with Crippen molar-refractivity contribution in [3.05, 3.63) is 45.8 Å². The zero-order valence-electron chi connectivity index (χ0n) is 8.85. The maximum atomic E-state index is 10.5. The van der Waals surface area contributed by atoms with Crippen molar-refractivity contribution in [3.8, 4) is 0 Å². The highest BCUT2D eigenvalue weighted by molar-refractivity contribution is 5.32. The summed E-state index contributed by atoms with van der Waals surface area (Å²) in [5.74, 6) is 0.573. The molecule has 17 heavy (non-hydrogen) atoms. The molecule has 0 fully saturated rings. The van der Waals surface area contributed by atoms with Crippen LogP contribution in [0.15, 0.2) is 24.3 Å². The predicted molar refractivity (Wildman–Crippen MR) is 57.9 cm³/mol. The molecular weight excluding hydrogens is 224 g/mol. The lowest BCUT2D eigenvalue weighted by Gasteiger charge is -2.02. The molecule has 1 aromatic heterocycles. The van der Waals surface area contributed by atoms with Crippen LogP contribution in [0.3, 0.4) is 0 Å². The molecule has 0 atom stereocenters. The fourth-order valence-corrected chi connectivity index (χ4v) is 1.39. The molecule has 0 aliphatic carbocycles. The Balaban J connectivity index is 2.16. The van der Waals surface area contributed by atoms with Gasteiger partial charge < -0.3 is 5.73 Å². The van der Waals surface area contributed by atoms with Crippen LogP contribution in [0.1, 0.15) is 11.4 Å². The van der Waals surface area contributed by atoms with Crippen molar-refractivity contribution >= 4 is 5.69 Å². The fourth-order valence-electron chi connectivity index (χ4n) is 1.39. The van der Waals surface area contributed by atoms with Crippen molar-refractivity contribution in [1.82, 2.24) is 20.2 Å². The second kappa shape index (κ2) is 4.66. The Kier molecular flexibility index (Phi) is 3.06. The van der Waals surface area contributed by atoms with E-state index in [4.69, 9.17) is 5.73 Å². The largest absolute Gasteiger partial charge is 0.324 e. The topological polar surface area (TPSA) is 113 Å². The molecule has 2 N–H and O–H groups in total. The highest BCUT2D eigenvalue weighted by Gasteiger charge is 2.07. The summed E-state index contributed by atoms with van der Waals surface area (Å²) in [4.78, 5) is 10.0. The minimum atomic E-state index is -0.438. The summed E-state index contributed by atoms with van der Waals surface area (Å²) in [6.07, 6.45) is 0. The molecule has 1 aromatic carbocycles. The van der Waals surface area contributed by atoms with Gasteiger partial charge in [0.2, 0.25) is 0 Å². The first-order valence-corrected chi connectivity index (χ1v) is 4.89. The number of nitrogens with zero attached hydrogens (tertiary/aromatic N) is 5. The number of rotatable bonds is 4. The summed E-state index contributed by atoms with van der Waals surface area (Å²) in [5.41, 5.74) is 6.39. The third-order valence-electron chi connectivity index (χ3n) is 2.27. The van der Waals surface area contributed by atoms with Gasteiger partial charge in [0.15, 0.2) is 5.82 Å². The Hall–Kier alpha value is -2.35. The van der Waals surface area contributed by atoms with Crippen LogP contribution in [0.2, 0.25) is 0 Å². The third-order valence-corrected chi connectivity index (χ3v) is 2.27. The average Bonchev–Trinajstić information content (AvgIpc) is 2.77. The molecule has 0 aliphatic rings. The van der Waals surface area contributed by atoms with Crippen LogP contribution in [-0.4, -0.2) is 25.1 Å². The Labute approximate surface area is 96.2 Å². The van der Waals surface area contributed by atoms with Gasteiger partial charge in [0, 0.05) is 12.1 Å². The van der Waals surface area contributed by atoms with E-state index in [0.29, 0.717) is 12.4 Å². The molecule has 1 heterocycles. The molecule has 0 bridgehead atoms. The first-order chi connectivity index (χ1) is 8.20. The molecule has 0 amide bonds. The second-order valence-electron chi connectivity index (χ2n) is 3.38. The molecule has 88 valence electrons. The van der Waals surface area contributed by atoms with Crippen LogP contribution < -0.4 is 5.73 Å². The van der Waals surface area contributed by atoms with Gasteiger partial charge >= 0.3 is 0 Å². The molecular formula is C9H10N6O2. The van der Waals surface area contributed by atoms with Gasteiger partial charge in [-0.1, -0.05) is 12.1 Å². The van der Waals surface area contributed by atoms with E-state index in [-0.39, 0.29) is 12.2 Å². The number of benzene rings is 1. The summed E-state index contributed by atoms with van der Waals surface area (Å²) in [6.45, 7) is 0.692. The van der Waals surface area contributed by atoms with Crippen molar-refractivity contribution < 1.29 is 4.92 Å². The number of nitro groups is 1.